The molecular formula is C19H21N3O7S2. The molecule has 166 valence electrons. The third kappa shape index (κ3) is 6.06. The monoisotopic (exact) mass is 467 g/mol. The van der Waals surface area contributed by atoms with Crippen LogP contribution in [0.3, 0.4) is 0 Å². The van der Waals surface area contributed by atoms with Crippen molar-refractivity contribution in [3.8, 4) is 17.2 Å². The molecule has 0 spiro atoms. The zero-order valence-corrected chi connectivity index (χ0v) is 18.8. The minimum absolute atomic E-state index is 0.0174. The fraction of sp³-hybridized carbons (Fsp3) is 0.211. The van der Waals surface area contributed by atoms with Gasteiger partial charge in [-0.15, -0.1) is 0 Å². The van der Waals surface area contributed by atoms with E-state index in [4.69, 9.17) is 26.4 Å². The zero-order chi connectivity index (χ0) is 23.2. The first-order valence-corrected chi connectivity index (χ1v) is 10.6. The molecule has 0 radical (unpaired) electrons. The second kappa shape index (κ2) is 10.1. The molecule has 3 N–H and O–H groups in total. The van der Waals surface area contributed by atoms with Gasteiger partial charge in [-0.25, -0.2) is 13.1 Å². The minimum atomic E-state index is -3.94. The van der Waals surface area contributed by atoms with E-state index < -0.39 is 21.8 Å². The van der Waals surface area contributed by atoms with Crippen LogP contribution in [0.2, 0.25) is 0 Å². The summed E-state index contributed by atoms with van der Waals surface area (Å²) in [7, 11) is 0.371. The largest absolute Gasteiger partial charge is 0.493 e. The Morgan fingerprint density at radius 3 is 1.94 bits per heavy atom. The number of anilines is 1. The first-order valence-electron chi connectivity index (χ1n) is 8.67. The normalized spacial score (nSPS) is 10.6. The highest BCUT2D eigenvalue weighted by Crippen LogP contribution is 2.38. The smallest absolute Gasteiger partial charge is 0.264 e. The molecule has 2 aromatic carbocycles. The van der Waals surface area contributed by atoms with Gasteiger partial charge in [0.1, 0.15) is 0 Å². The van der Waals surface area contributed by atoms with Gasteiger partial charge in [0.05, 0.1) is 26.2 Å². The van der Waals surface area contributed by atoms with Gasteiger partial charge in [-0.1, -0.05) is 0 Å². The molecule has 31 heavy (non-hydrogen) atoms. The van der Waals surface area contributed by atoms with Crippen LogP contribution in [-0.2, 0) is 14.8 Å². The predicted octanol–water partition coefficient (Wildman–Crippen LogP) is 1.66. The van der Waals surface area contributed by atoms with E-state index in [1.807, 2.05) is 4.72 Å². The van der Waals surface area contributed by atoms with Crippen molar-refractivity contribution < 1.29 is 32.2 Å². The number of benzene rings is 2. The average Bonchev–Trinajstić information content (AvgIpc) is 2.71. The van der Waals surface area contributed by atoms with Gasteiger partial charge in [0.15, 0.2) is 16.6 Å². The fourth-order valence-corrected chi connectivity index (χ4v) is 3.72. The number of amides is 2. The molecule has 12 heteroatoms. The molecule has 0 atom stereocenters. The molecule has 0 aliphatic rings. The van der Waals surface area contributed by atoms with Gasteiger partial charge in [-0.2, -0.15) is 0 Å². The molecule has 0 heterocycles. The maximum absolute atomic E-state index is 12.6. The highest BCUT2D eigenvalue weighted by atomic mass is 32.2. The van der Waals surface area contributed by atoms with Gasteiger partial charge in [0, 0.05) is 18.2 Å². The highest BCUT2D eigenvalue weighted by Gasteiger charge is 2.18. The van der Waals surface area contributed by atoms with Crippen LogP contribution in [-0.4, -0.2) is 46.7 Å². The van der Waals surface area contributed by atoms with Crippen LogP contribution in [0.5, 0.6) is 17.2 Å². The molecule has 10 nitrogen and oxygen atoms in total. The van der Waals surface area contributed by atoms with Crippen molar-refractivity contribution in [2.24, 2.45) is 0 Å². The topological polar surface area (TPSA) is 132 Å². The zero-order valence-electron chi connectivity index (χ0n) is 17.1. The molecular weight excluding hydrogens is 446 g/mol. The number of thiocarbonyl (C=S) groups is 1. The molecule has 0 unspecified atom stereocenters. The van der Waals surface area contributed by atoms with E-state index in [9.17, 15) is 18.0 Å². The lowest BCUT2D eigenvalue weighted by Gasteiger charge is -2.14. The van der Waals surface area contributed by atoms with Crippen molar-refractivity contribution in [3.05, 3.63) is 42.0 Å². The Bertz CT molecular complexity index is 1070. The molecule has 2 aromatic rings. The van der Waals surface area contributed by atoms with Crippen molar-refractivity contribution in [2.45, 2.75) is 11.8 Å². The first-order chi connectivity index (χ1) is 14.6. The number of methoxy groups -OCH3 is 3. The second-order valence-corrected chi connectivity index (χ2v) is 8.10. The minimum Gasteiger partial charge on any atom is -0.493 e. The van der Waals surface area contributed by atoms with Crippen molar-refractivity contribution >= 4 is 44.9 Å². The van der Waals surface area contributed by atoms with E-state index in [0.717, 1.165) is 6.92 Å². The summed E-state index contributed by atoms with van der Waals surface area (Å²) in [5, 5.41) is 5.26. The SMILES string of the molecule is COc1cc(C(=O)NC(=S)Nc2ccc(S(=O)(=O)NC(C)=O)cc2)cc(OC)c1OC. The van der Waals surface area contributed by atoms with Gasteiger partial charge >= 0.3 is 0 Å². The van der Waals surface area contributed by atoms with Gasteiger partial charge in [-0.3, -0.25) is 14.9 Å². The highest BCUT2D eigenvalue weighted by molar-refractivity contribution is 7.90. The number of carbonyl (C=O) groups excluding carboxylic acids is 2. The number of nitrogens with one attached hydrogen (secondary N) is 3. The summed E-state index contributed by atoms with van der Waals surface area (Å²) in [5.41, 5.74) is 0.646. The molecule has 0 aliphatic carbocycles. The third-order valence-corrected chi connectivity index (χ3v) is 5.51. The summed E-state index contributed by atoms with van der Waals surface area (Å²) in [6, 6.07) is 8.40. The van der Waals surface area contributed by atoms with Gasteiger partial charge in [0.25, 0.3) is 15.9 Å². The fourth-order valence-electron chi connectivity index (χ4n) is 2.52. The Hall–Kier alpha value is -3.38. The maximum atomic E-state index is 12.6. The Kier molecular flexibility index (Phi) is 7.78. The van der Waals surface area contributed by atoms with Crippen molar-refractivity contribution in [3.63, 3.8) is 0 Å². The summed E-state index contributed by atoms with van der Waals surface area (Å²) in [6.07, 6.45) is 0. The van der Waals surface area contributed by atoms with Crippen molar-refractivity contribution in [1.29, 1.82) is 0 Å². The lowest BCUT2D eigenvalue weighted by Crippen LogP contribution is -2.34. The van der Waals surface area contributed by atoms with Crippen LogP contribution in [0.15, 0.2) is 41.3 Å². The molecule has 0 aromatic heterocycles. The van der Waals surface area contributed by atoms with E-state index in [1.165, 1.54) is 57.7 Å². The third-order valence-electron chi connectivity index (χ3n) is 3.85. The second-order valence-electron chi connectivity index (χ2n) is 6.01. The van der Waals surface area contributed by atoms with Crippen molar-refractivity contribution in [2.75, 3.05) is 26.6 Å². The van der Waals surface area contributed by atoms with E-state index in [0.29, 0.717) is 22.9 Å². The first kappa shape index (κ1) is 23.9. The van der Waals surface area contributed by atoms with E-state index >= 15 is 0 Å². The van der Waals surface area contributed by atoms with Gasteiger partial charge in [-0.05, 0) is 48.6 Å². The number of hydrogen-bond acceptors (Lipinski definition) is 8. The van der Waals surface area contributed by atoms with Gasteiger partial charge in [0.2, 0.25) is 11.7 Å². The quantitative estimate of drug-likeness (QED) is 0.520. The van der Waals surface area contributed by atoms with Crippen LogP contribution >= 0.6 is 12.2 Å². The Labute approximate surface area is 184 Å². The van der Waals surface area contributed by atoms with E-state index in [2.05, 4.69) is 10.6 Å². The lowest BCUT2D eigenvalue weighted by atomic mass is 10.1. The molecule has 0 saturated carbocycles. The molecule has 0 saturated heterocycles. The number of carbonyl (C=O) groups is 2. The Balaban J connectivity index is 2.11. The van der Waals surface area contributed by atoms with Crippen LogP contribution in [0, 0.1) is 0 Å². The Morgan fingerprint density at radius 1 is 0.935 bits per heavy atom. The van der Waals surface area contributed by atoms with Crippen LogP contribution < -0.4 is 29.6 Å². The number of rotatable bonds is 7. The number of sulfonamides is 1. The average molecular weight is 468 g/mol. The van der Waals surface area contributed by atoms with Gasteiger partial charge < -0.3 is 19.5 Å². The summed E-state index contributed by atoms with van der Waals surface area (Å²) in [4.78, 5) is 23.5. The Morgan fingerprint density at radius 2 is 1.48 bits per heavy atom. The predicted molar refractivity (Wildman–Crippen MR) is 117 cm³/mol. The number of hydrogen-bond donors (Lipinski definition) is 3. The molecule has 2 amide bonds. The molecule has 0 bridgehead atoms. The standard InChI is InChI=1S/C19H21N3O7S2/c1-11(23)22-31(25,26)14-7-5-13(6-8-14)20-19(30)21-18(24)12-9-15(27-2)17(29-4)16(10-12)28-3/h5-10H,1-4H3,(H,22,23)(H2,20,21,24,30). The van der Waals surface area contributed by atoms with Crippen LogP contribution in [0.25, 0.3) is 0 Å². The maximum Gasteiger partial charge on any atom is 0.264 e. The van der Waals surface area contributed by atoms with Crippen LogP contribution in [0.1, 0.15) is 17.3 Å². The van der Waals surface area contributed by atoms with E-state index in [1.54, 1.807) is 0 Å². The summed E-state index contributed by atoms with van der Waals surface area (Å²) < 4.78 is 41.5. The molecule has 0 fully saturated rings. The van der Waals surface area contributed by atoms with Crippen molar-refractivity contribution in [1.82, 2.24) is 10.0 Å². The summed E-state index contributed by atoms with van der Waals surface area (Å²) >= 11 is 5.14. The number of ether oxygens (including phenoxy) is 3. The van der Waals surface area contributed by atoms with E-state index in [-0.39, 0.29) is 15.6 Å². The lowest BCUT2D eigenvalue weighted by molar-refractivity contribution is -0.117. The summed E-state index contributed by atoms with van der Waals surface area (Å²) in [6.45, 7) is 1.10. The molecule has 0 aliphatic heterocycles. The molecule has 2 rings (SSSR count). The summed E-state index contributed by atoms with van der Waals surface area (Å²) in [5.74, 6) is -0.264. The van der Waals surface area contributed by atoms with Crippen LogP contribution in [0.4, 0.5) is 5.69 Å².